The van der Waals surface area contributed by atoms with Crippen LogP contribution in [0.3, 0.4) is 0 Å². The number of aromatic nitrogens is 1. The molecule has 0 fully saturated rings. The van der Waals surface area contributed by atoms with Gasteiger partial charge in [0.1, 0.15) is 5.69 Å². The van der Waals surface area contributed by atoms with Gasteiger partial charge >= 0.3 is 0 Å². The number of phenolic OH excluding ortho intramolecular Hbond substituents is 1. The highest BCUT2D eigenvalue weighted by molar-refractivity contribution is 7.12. The molecule has 0 atom stereocenters. The first-order valence-corrected chi connectivity index (χ1v) is 11.9. The smallest absolute Gasteiger partial charge is 0.257 e. The minimum absolute atomic E-state index is 0.0959. The van der Waals surface area contributed by atoms with E-state index in [2.05, 4.69) is 5.32 Å². The topological polar surface area (TPSA) is 110 Å². The molecule has 0 aliphatic heterocycles. The molecule has 4 rings (SSSR count). The van der Waals surface area contributed by atoms with Crippen LogP contribution in [-0.4, -0.2) is 50.5 Å². The van der Waals surface area contributed by atoms with Crippen molar-refractivity contribution in [1.82, 2.24) is 9.47 Å². The number of hydrogen-bond acceptors (Lipinski definition) is 7. The van der Waals surface area contributed by atoms with Gasteiger partial charge in [0.15, 0.2) is 11.4 Å². The molecule has 0 spiro atoms. The summed E-state index contributed by atoms with van der Waals surface area (Å²) in [5, 5.41) is 38.1. The normalized spacial score (nSPS) is 11.5. The fraction of sp³-hybridized carbons (Fsp3) is 0.154. The predicted molar refractivity (Wildman–Crippen MR) is 139 cm³/mol. The molecule has 2 heterocycles. The van der Waals surface area contributed by atoms with Crippen molar-refractivity contribution in [2.45, 2.75) is 13.3 Å². The molecule has 4 aromatic rings. The lowest BCUT2D eigenvalue weighted by atomic mass is 10.1. The number of rotatable bonds is 7. The van der Waals surface area contributed by atoms with Crippen LogP contribution >= 0.6 is 11.3 Å². The van der Waals surface area contributed by atoms with Crippen LogP contribution in [0.2, 0.25) is 0 Å². The molecule has 0 saturated heterocycles. The van der Waals surface area contributed by atoms with Gasteiger partial charge in [0, 0.05) is 19.0 Å². The zero-order valence-electron chi connectivity index (χ0n) is 19.6. The van der Waals surface area contributed by atoms with Crippen LogP contribution in [-0.2, 0) is 0 Å². The van der Waals surface area contributed by atoms with Gasteiger partial charge in [-0.1, -0.05) is 37.3 Å². The molecule has 0 aliphatic carbocycles. The fourth-order valence-corrected chi connectivity index (χ4v) is 4.44. The molecule has 0 aliphatic rings. The average molecular weight is 491 g/mol. The molecule has 9 heteroatoms. The van der Waals surface area contributed by atoms with Gasteiger partial charge < -0.3 is 25.5 Å². The van der Waals surface area contributed by atoms with E-state index in [4.69, 9.17) is 4.99 Å². The number of carbonyl (C=O) groups is 1. The molecule has 0 unspecified atom stereocenters. The van der Waals surface area contributed by atoms with E-state index in [0.29, 0.717) is 12.1 Å². The van der Waals surface area contributed by atoms with E-state index in [1.165, 1.54) is 26.9 Å². The molecular weight excluding hydrogens is 464 g/mol. The molecule has 1 amide bonds. The largest absolute Gasteiger partial charge is 0.505 e. The summed E-state index contributed by atoms with van der Waals surface area (Å²) in [5.74, 6) is -1.21. The number of anilines is 2. The molecule has 0 radical (unpaired) electrons. The van der Waals surface area contributed by atoms with Gasteiger partial charge in [-0.25, -0.2) is 9.56 Å². The van der Waals surface area contributed by atoms with Crippen LogP contribution in [0.15, 0.2) is 71.0 Å². The van der Waals surface area contributed by atoms with Gasteiger partial charge in [-0.2, -0.15) is 0 Å². The number of phenols is 1. The van der Waals surface area contributed by atoms with E-state index in [1.807, 2.05) is 30.5 Å². The maximum absolute atomic E-state index is 12.5. The van der Waals surface area contributed by atoms with E-state index in [9.17, 15) is 20.1 Å². The van der Waals surface area contributed by atoms with Crippen molar-refractivity contribution in [2.75, 3.05) is 19.4 Å². The Bertz CT molecular complexity index is 1380. The number of carbonyl (C=O) groups excluding carboxylic acids is 1. The monoisotopic (exact) mass is 490 g/mol. The summed E-state index contributed by atoms with van der Waals surface area (Å²) in [7, 11) is 3.19. The summed E-state index contributed by atoms with van der Waals surface area (Å²) in [4.78, 5) is 19.5. The second-order valence-corrected chi connectivity index (χ2v) is 8.91. The first-order valence-electron chi connectivity index (χ1n) is 11.0. The van der Waals surface area contributed by atoms with Crippen molar-refractivity contribution in [3.63, 3.8) is 0 Å². The molecule has 35 heavy (non-hydrogen) atoms. The Balaban J connectivity index is 1.90. The molecule has 0 saturated carbocycles. The highest BCUT2D eigenvalue weighted by Crippen LogP contribution is 2.49. The van der Waals surface area contributed by atoms with E-state index in [1.54, 1.807) is 50.5 Å². The van der Waals surface area contributed by atoms with Gasteiger partial charge in [-0.15, -0.1) is 11.3 Å². The minimum atomic E-state index is -0.371. The van der Waals surface area contributed by atoms with Crippen molar-refractivity contribution in [1.29, 1.82) is 0 Å². The molecular formula is C26H26N4O4S. The third kappa shape index (κ3) is 4.58. The SMILES string of the molecule is CCC(=Nc1c(Nc2cccc(C(=O)N(C)C)c2O)c(O)n(-c2ccccc2)c1O)c1cccs1. The van der Waals surface area contributed by atoms with Gasteiger partial charge in [-0.05, 0) is 42.1 Å². The summed E-state index contributed by atoms with van der Waals surface area (Å²) in [5.41, 5.74) is 1.75. The standard InChI is InChI=1S/C26H26N4O4S/c1-4-18(20-14-9-15-35-20)27-21-22(26(34)30(25(21)33)16-10-6-5-7-11-16)28-19-13-8-12-17(23(19)31)24(32)29(2)3/h5-15,28,31,33-34H,4H2,1-3H3. The summed E-state index contributed by atoms with van der Waals surface area (Å²) >= 11 is 1.52. The van der Waals surface area contributed by atoms with E-state index in [0.717, 1.165) is 10.6 Å². The molecule has 4 N–H and O–H groups in total. The van der Waals surface area contributed by atoms with E-state index >= 15 is 0 Å². The maximum Gasteiger partial charge on any atom is 0.257 e. The Morgan fingerprint density at radius 2 is 1.74 bits per heavy atom. The summed E-state index contributed by atoms with van der Waals surface area (Å²) in [6.07, 6.45) is 0.592. The number of aliphatic imine (C=N–C) groups is 1. The lowest BCUT2D eigenvalue weighted by Gasteiger charge is -2.15. The first kappa shape index (κ1) is 23.9. The van der Waals surface area contributed by atoms with Gasteiger partial charge in [0.25, 0.3) is 5.91 Å². The summed E-state index contributed by atoms with van der Waals surface area (Å²) in [6, 6.07) is 17.5. The number of amides is 1. The lowest BCUT2D eigenvalue weighted by Crippen LogP contribution is -2.21. The van der Waals surface area contributed by atoms with Gasteiger partial charge in [0.05, 0.1) is 22.6 Å². The number of para-hydroxylation sites is 2. The average Bonchev–Trinajstić information content (AvgIpc) is 3.46. The van der Waals surface area contributed by atoms with Crippen LogP contribution in [0.1, 0.15) is 28.6 Å². The van der Waals surface area contributed by atoms with Crippen LogP contribution in [0, 0.1) is 0 Å². The van der Waals surface area contributed by atoms with Crippen LogP contribution in [0.4, 0.5) is 17.1 Å². The van der Waals surface area contributed by atoms with Crippen molar-refractivity contribution in [3.8, 4) is 23.2 Å². The molecule has 180 valence electrons. The maximum atomic E-state index is 12.5. The minimum Gasteiger partial charge on any atom is -0.505 e. The zero-order valence-corrected chi connectivity index (χ0v) is 20.4. The summed E-state index contributed by atoms with van der Waals surface area (Å²) < 4.78 is 1.27. The number of thiophene rings is 1. The highest BCUT2D eigenvalue weighted by Gasteiger charge is 2.26. The molecule has 8 nitrogen and oxygen atoms in total. The summed E-state index contributed by atoms with van der Waals surface area (Å²) in [6.45, 7) is 1.96. The number of nitrogens with one attached hydrogen (secondary N) is 1. The number of nitrogens with zero attached hydrogens (tertiary/aromatic N) is 3. The first-order chi connectivity index (χ1) is 16.8. The van der Waals surface area contributed by atoms with Gasteiger partial charge in [-0.3, -0.25) is 4.79 Å². The van der Waals surface area contributed by atoms with Crippen LogP contribution in [0.25, 0.3) is 5.69 Å². The van der Waals surface area contributed by atoms with Crippen molar-refractivity contribution >= 4 is 40.0 Å². The highest BCUT2D eigenvalue weighted by atomic mass is 32.1. The number of aromatic hydroxyl groups is 3. The Morgan fingerprint density at radius 3 is 2.37 bits per heavy atom. The molecule has 0 bridgehead atoms. The Hall–Kier alpha value is -4.24. The van der Waals surface area contributed by atoms with Crippen molar-refractivity contribution in [3.05, 3.63) is 76.5 Å². The van der Waals surface area contributed by atoms with Gasteiger partial charge in [0.2, 0.25) is 11.8 Å². The van der Waals surface area contributed by atoms with E-state index in [-0.39, 0.29) is 46.0 Å². The second kappa shape index (κ2) is 9.94. The molecule has 2 aromatic heterocycles. The van der Waals surface area contributed by atoms with E-state index < -0.39 is 0 Å². The quantitative estimate of drug-likeness (QED) is 0.198. The molecule has 2 aromatic carbocycles. The van der Waals surface area contributed by atoms with Crippen LogP contribution in [0.5, 0.6) is 17.5 Å². The third-order valence-corrected chi connectivity index (χ3v) is 6.35. The predicted octanol–water partition coefficient (Wildman–Crippen LogP) is 5.63. The van der Waals surface area contributed by atoms with Crippen LogP contribution < -0.4 is 5.32 Å². The zero-order chi connectivity index (χ0) is 25.1. The number of hydrogen-bond donors (Lipinski definition) is 4. The lowest BCUT2D eigenvalue weighted by molar-refractivity contribution is 0.0824. The van der Waals surface area contributed by atoms with Crippen molar-refractivity contribution < 1.29 is 20.1 Å². The van der Waals surface area contributed by atoms with Crippen molar-refractivity contribution in [2.24, 2.45) is 4.99 Å². The number of benzene rings is 2. The third-order valence-electron chi connectivity index (χ3n) is 5.43. The Labute approximate surface area is 207 Å². The fourth-order valence-electron chi connectivity index (χ4n) is 3.66. The Morgan fingerprint density at radius 1 is 1.00 bits per heavy atom. The Kier molecular flexibility index (Phi) is 6.79. The second-order valence-electron chi connectivity index (χ2n) is 7.96.